The number of carboxylic acid groups (broad SMARTS) is 1. The van der Waals surface area contributed by atoms with Crippen LogP contribution >= 0.6 is 11.8 Å². The van der Waals surface area contributed by atoms with Crippen LogP contribution < -0.4 is 0 Å². The van der Waals surface area contributed by atoms with E-state index in [1.165, 1.54) is 17.3 Å². The highest BCUT2D eigenvalue weighted by Crippen LogP contribution is 2.23. The lowest BCUT2D eigenvalue weighted by Gasteiger charge is -2.09. The second-order valence-electron chi connectivity index (χ2n) is 5.67. The Kier molecular flexibility index (Phi) is 5.08. The number of carboxylic acids is 1. The molecule has 0 unspecified atom stereocenters. The first-order valence-corrected chi connectivity index (χ1v) is 8.73. The van der Waals surface area contributed by atoms with Gasteiger partial charge >= 0.3 is 5.97 Å². The summed E-state index contributed by atoms with van der Waals surface area (Å²) in [4.78, 5) is 19.7. The molecule has 2 heterocycles. The molecular formula is C17H17N5O2S. The molecule has 1 aromatic carbocycles. The molecule has 0 fully saturated rings. The summed E-state index contributed by atoms with van der Waals surface area (Å²) in [6.07, 6.45) is 3.29. The fourth-order valence-electron chi connectivity index (χ4n) is 2.30. The Morgan fingerprint density at radius 2 is 1.88 bits per heavy atom. The zero-order valence-corrected chi connectivity index (χ0v) is 14.6. The van der Waals surface area contributed by atoms with Gasteiger partial charge in [-0.25, -0.2) is 19.4 Å². The molecule has 0 aliphatic carbocycles. The minimum Gasteiger partial charge on any atom is -0.476 e. The lowest BCUT2D eigenvalue weighted by Crippen LogP contribution is -2.06. The third kappa shape index (κ3) is 3.85. The molecule has 8 heteroatoms. The minimum absolute atomic E-state index is 0.0589. The van der Waals surface area contributed by atoms with Crippen LogP contribution in [0.4, 0.5) is 0 Å². The summed E-state index contributed by atoms with van der Waals surface area (Å²) in [6, 6.07) is 9.60. The summed E-state index contributed by atoms with van der Waals surface area (Å²) in [5, 5.41) is 17.8. The van der Waals surface area contributed by atoms with Crippen molar-refractivity contribution in [3.05, 3.63) is 59.7 Å². The van der Waals surface area contributed by atoms with E-state index in [4.69, 9.17) is 0 Å². The standard InChI is InChI=1S/C17H17N5O2S/c1-11(2)12-4-6-13(7-5-12)22-14(15(16(23)24)20-21-22)10-25-17-18-8-3-9-19-17/h3-9,11H,10H2,1-2H3,(H,23,24). The Bertz CT molecular complexity index is 863. The van der Waals surface area contributed by atoms with Crippen LogP contribution in [0.2, 0.25) is 0 Å². The lowest BCUT2D eigenvalue weighted by molar-refractivity contribution is 0.0689. The van der Waals surface area contributed by atoms with Gasteiger partial charge in [-0.3, -0.25) is 0 Å². The van der Waals surface area contributed by atoms with Crippen LogP contribution in [0.1, 0.15) is 41.5 Å². The normalized spacial score (nSPS) is 11.0. The molecule has 0 amide bonds. The van der Waals surface area contributed by atoms with Gasteiger partial charge in [-0.05, 0) is 29.7 Å². The molecule has 0 aliphatic rings. The highest BCUT2D eigenvalue weighted by Gasteiger charge is 2.20. The molecule has 0 saturated carbocycles. The van der Waals surface area contributed by atoms with Gasteiger partial charge in [0, 0.05) is 18.1 Å². The van der Waals surface area contributed by atoms with Crippen LogP contribution in [-0.2, 0) is 5.75 Å². The van der Waals surface area contributed by atoms with Crippen LogP contribution in [-0.4, -0.2) is 36.0 Å². The third-order valence-electron chi connectivity index (χ3n) is 3.65. The average molecular weight is 355 g/mol. The van der Waals surface area contributed by atoms with Crippen LogP contribution in [0.5, 0.6) is 0 Å². The van der Waals surface area contributed by atoms with Crippen molar-refractivity contribution in [1.82, 2.24) is 25.0 Å². The molecule has 0 saturated heterocycles. The summed E-state index contributed by atoms with van der Waals surface area (Å²) in [6.45, 7) is 4.24. The minimum atomic E-state index is -1.10. The number of nitrogens with zero attached hydrogens (tertiary/aromatic N) is 5. The van der Waals surface area contributed by atoms with E-state index in [9.17, 15) is 9.90 Å². The van der Waals surface area contributed by atoms with Crippen LogP contribution in [0.25, 0.3) is 5.69 Å². The van der Waals surface area contributed by atoms with E-state index < -0.39 is 5.97 Å². The van der Waals surface area contributed by atoms with E-state index in [0.29, 0.717) is 22.5 Å². The molecule has 2 aromatic heterocycles. The summed E-state index contributed by atoms with van der Waals surface area (Å²) < 4.78 is 1.56. The van der Waals surface area contributed by atoms with Gasteiger partial charge in [-0.15, -0.1) is 5.10 Å². The molecule has 1 N–H and O–H groups in total. The molecular weight excluding hydrogens is 338 g/mol. The number of benzene rings is 1. The number of aromatic carboxylic acids is 1. The van der Waals surface area contributed by atoms with Gasteiger partial charge in [-0.2, -0.15) is 0 Å². The van der Waals surface area contributed by atoms with Gasteiger partial charge in [0.25, 0.3) is 0 Å². The highest BCUT2D eigenvalue weighted by atomic mass is 32.2. The maximum Gasteiger partial charge on any atom is 0.358 e. The van der Waals surface area contributed by atoms with Crippen molar-refractivity contribution in [2.75, 3.05) is 0 Å². The second kappa shape index (κ2) is 7.43. The summed E-state index contributed by atoms with van der Waals surface area (Å²) in [5.74, 6) is -0.329. The zero-order valence-electron chi connectivity index (χ0n) is 13.8. The van der Waals surface area contributed by atoms with Crippen molar-refractivity contribution in [2.24, 2.45) is 0 Å². The predicted molar refractivity (Wildman–Crippen MR) is 94.0 cm³/mol. The Morgan fingerprint density at radius 3 is 2.48 bits per heavy atom. The zero-order chi connectivity index (χ0) is 17.8. The smallest absolute Gasteiger partial charge is 0.358 e. The number of thioether (sulfide) groups is 1. The predicted octanol–water partition coefficient (Wildman–Crippen LogP) is 3.17. The molecule has 3 aromatic rings. The number of carbonyl (C=O) groups is 1. The van der Waals surface area contributed by atoms with Crippen molar-refractivity contribution in [3.63, 3.8) is 0 Å². The van der Waals surface area contributed by atoms with Crippen molar-refractivity contribution in [1.29, 1.82) is 0 Å². The summed E-state index contributed by atoms with van der Waals surface area (Å²) >= 11 is 1.34. The Morgan fingerprint density at radius 1 is 1.20 bits per heavy atom. The van der Waals surface area contributed by atoms with Crippen molar-refractivity contribution >= 4 is 17.7 Å². The van der Waals surface area contributed by atoms with Crippen LogP contribution in [0.3, 0.4) is 0 Å². The number of hydrogen-bond donors (Lipinski definition) is 1. The van der Waals surface area contributed by atoms with Crippen molar-refractivity contribution in [3.8, 4) is 5.69 Å². The Balaban J connectivity index is 1.92. The van der Waals surface area contributed by atoms with E-state index >= 15 is 0 Å². The molecule has 0 atom stereocenters. The van der Waals surface area contributed by atoms with Crippen LogP contribution in [0.15, 0.2) is 47.9 Å². The van der Waals surface area contributed by atoms with Gasteiger partial charge in [0.05, 0.1) is 11.4 Å². The Hall–Kier alpha value is -2.74. The van der Waals surface area contributed by atoms with Gasteiger partial charge in [0.2, 0.25) is 0 Å². The summed E-state index contributed by atoms with van der Waals surface area (Å²) in [5.41, 5.74) is 2.42. The van der Waals surface area contributed by atoms with E-state index in [1.807, 2.05) is 24.3 Å². The van der Waals surface area contributed by atoms with E-state index in [-0.39, 0.29) is 5.69 Å². The molecule has 25 heavy (non-hydrogen) atoms. The van der Waals surface area contributed by atoms with Crippen molar-refractivity contribution in [2.45, 2.75) is 30.7 Å². The maximum atomic E-state index is 11.5. The molecule has 128 valence electrons. The molecule has 7 nitrogen and oxygen atoms in total. The van der Waals surface area contributed by atoms with Crippen LogP contribution in [0, 0.1) is 0 Å². The summed E-state index contributed by atoms with van der Waals surface area (Å²) in [7, 11) is 0. The molecule has 0 radical (unpaired) electrons. The van der Waals surface area contributed by atoms with Gasteiger partial charge < -0.3 is 5.11 Å². The molecule has 3 rings (SSSR count). The fraction of sp³-hybridized carbons (Fsp3) is 0.235. The quantitative estimate of drug-likeness (QED) is 0.536. The Labute approximate surface area is 149 Å². The monoisotopic (exact) mass is 355 g/mol. The molecule has 0 spiro atoms. The third-order valence-corrected chi connectivity index (χ3v) is 4.54. The SMILES string of the molecule is CC(C)c1ccc(-n2nnc(C(=O)O)c2CSc2ncccn2)cc1. The highest BCUT2D eigenvalue weighted by molar-refractivity contribution is 7.98. The first-order chi connectivity index (χ1) is 12.1. The van der Waals surface area contributed by atoms with Gasteiger partial charge in [0.15, 0.2) is 10.9 Å². The molecule has 0 bridgehead atoms. The van der Waals surface area contributed by atoms with E-state index in [1.54, 1.807) is 23.1 Å². The van der Waals surface area contributed by atoms with E-state index in [0.717, 1.165) is 5.69 Å². The second-order valence-corrected chi connectivity index (χ2v) is 6.61. The van der Waals surface area contributed by atoms with Gasteiger partial charge in [0.1, 0.15) is 0 Å². The van der Waals surface area contributed by atoms with Crippen molar-refractivity contribution < 1.29 is 9.90 Å². The largest absolute Gasteiger partial charge is 0.476 e. The fourth-order valence-corrected chi connectivity index (χ4v) is 3.09. The first kappa shape index (κ1) is 17.1. The molecule has 0 aliphatic heterocycles. The average Bonchev–Trinajstić information content (AvgIpc) is 3.05. The topological polar surface area (TPSA) is 93.8 Å². The number of rotatable bonds is 6. The number of aromatic nitrogens is 5. The lowest BCUT2D eigenvalue weighted by atomic mass is 10.0. The maximum absolute atomic E-state index is 11.5. The van der Waals surface area contributed by atoms with Gasteiger partial charge in [-0.1, -0.05) is 43.0 Å². The van der Waals surface area contributed by atoms with E-state index in [2.05, 4.69) is 34.1 Å². The first-order valence-electron chi connectivity index (χ1n) is 7.74. The number of hydrogen-bond acceptors (Lipinski definition) is 6.